The minimum atomic E-state index is 1.08. The number of hydrogen-bond donors (Lipinski definition) is 0. The fourth-order valence-electron chi connectivity index (χ4n) is 2.87. The van der Waals surface area contributed by atoms with Crippen LogP contribution in [0.4, 0.5) is 0 Å². The third-order valence-electron chi connectivity index (χ3n) is 4.20. The number of nitrogens with zero attached hydrogens (tertiary/aromatic N) is 2. The number of hydrogen-bond acceptors (Lipinski definition) is 3. The molecule has 2 heterocycles. The molecule has 120 valence electrons. The standard InChI is InChI=1S/C20H24N2S/c1-2-7-19(8-3-1)20-11-15-22(16-17-23-20)14-5-4-6-18-9-12-21-13-10-18/h1-3,7-13H,4-6,14-17H2. The van der Waals surface area contributed by atoms with Crippen molar-refractivity contribution in [3.8, 4) is 0 Å². The number of benzene rings is 1. The zero-order valence-electron chi connectivity index (χ0n) is 13.5. The maximum absolute atomic E-state index is 4.07. The van der Waals surface area contributed by atoms with Crippen molar-refractivity contribution in [1.29, 1.82) is 0 Å². The Morgan fingerprint density at radius 3 is 2.65 bits per heavy atom. The van der Waals surface area contributed by atoms with E-state index in [1.807, 2.05) is 24.2 Å². The topological polar surface area (TPSA) is 16.1 Å². The molecule has 3 heteroatoms. The van der Waals surface area contributed by atoms with Gasteiger partial charge in [0.25, 0.3) is 0 Å². The average molecular weight is 324 g/mol. The zero-order valence-corrected chi connectivity index (χ0v) is 14.3. The van der Waals surface area contributed by atoms with Crippen LogP contribution in [-0.2, 0) is 6.42 Å². The molecule has 2 aromatic rings. The molecule has 0 spiro atoms. The van der Waals surface area contributed by atoms with Gasteiger partial charge in [0.1, 0.15) is 0 Å². The molecule has 2 nitrogen and oxygen atoms in total. The Labute approximate surface area is 143 Å². The molecule has 1 aromatic heterocycles. The molecule has 1 aliphatic rings. The van der Waals surface area contributed by atoms with Crippen LogP contribution in [0.15, 0.2) is 60.9 Å². The van der Waals surface area contributed by atoms with E-state index in [2.05, 4.69) is 58.4 Å². The molecule has 3 rings (SSSR count). The molecule has 0 saturated carbocycles. The summed E-state index contributed by atoms with van der Waals surface area (Å²) in [5, 5.41) is 0. The lowest BCUT2D eigenvalue weighted by Gasteiger charge is -2.18. The first-order valence-electron chi connectivity index (χ1n) is 8.41. The van der Waals surface area contributed by atoms with Crippen molar-refractivity contribution >= 4 is 16.7 Å². The molecule has 0 atom stereocenters. The third kappa shape index (κ3) is 5.22. The number of thioether (sulfide) groups is 1. The zero-order chi connectivity index (χ0) is 15.7. The van der Waals surface area contributed by atoms with E-state index in [0.717, 1.165) is 13.0 Å². The summed E-state index contributed by atoms with van der Waals surface area (Å²) in [4.78, 5) is 8.09. The minimum absolute atomic E-state index is 1.08. The molecule has 23 heavy (non-hydrogen) atoms. The second-order valence-electron chi connectivity index (χ2n) is 5.90. The maximum atomic E-state index is 4.07. The molecule has 1 aliphatic heterocycles. The van der Waals surface area contributed by atoms with Gasteiger partial charge in [-0.2, -0.15) is 0 Å². The van der Waals surface area contributed by atoms with E-state index in [1.165, 1.54) is 47.7 Å². The summed E-state index contributed by atoms with van der Waals surface area (Å²) < 4.78 is 0. The molecule has 0 unspecified atom stereocenters. The van der Waals surface area contributed by atoms with Crippen molar-refractivity contribution in [2.24, 2.45) is 0 Å². The number of unbranched alkanes of at least 4 members (excludes halogenated alkanes) is 1. The Balaban J connectivity index is 1.44. The van der Waals surface area contributed by atoms with Crippen LogP contribution in [0.25, 0.3) is 4.91 Å². The van der Waals surface area contributed by atoms with Crippen LogP contribution in [0.1, 0.15) is 24.0 Å². The lowest BCUT2D eigenvalue weighted by atomic mass is 10.1. The van der Waals surface area contributed by atoms with Crippen LogP contribution in [0.2, 0.25) is 0 Å². The van der Waals surface area contributed by atoms with Gasteiger partial charge in [0.2, 0.25) is 0 Å². The molecule has 0 bridgehead atoms. The van der Waals surface area contributed by atoms with E-state index in [0.29, 0.717) is 0 Å². The Hall–Kier alpha value is -1.58. The molecule has 0 fully saturated rings. The molecule has 0 amide bonds. The van der Waals surface area contributed by atoms with E-state index in [4.69, 9.17) is 0 Å². The van der Waals surface area contributed by atoms with Crippen molar-refractivity contribution in [3.05, 3.63) is 72.1 Å². The normalized spacial score (nSPS) is 15.9. The lowest BCUT2D eigenvalue weighted by Crippen LogP contribution is -2.26. The maximum Gasteiger partial charge on any atom is 0.0270 e. The number of aryl methyl sites for hydroxylation is 1. The van der Waals surface area contributed by atoms with Crippen molar-refractivity contribution in [1.82, 2.24) is 9.88 Å². The van der Waals surface area contributed by atoms with E-state index < -0.39 is 0 Å². The van der Waals surface area contributed by atoms with Gasteiger partial charge in [0.05, 0.1) is 0 Å². The smallest absolute Gasteiger partial charge is 0.0270 e. The predicted octanol–water partition coefficient (Wildman–Crippen LogP) is 4.49. The largest absolute Gasteiger partial charge is 0.299 e. The Bertz CT molecular complexity index is 610. The van der Waals surface area contributed by atoms with Gasteiger partial charge in [-0.25, -0.2) is 0 Å². The van der Waals surface area contributed by atoms with E-state index in [9.17, 15) is 0 Å². The molecule has 1 aromatic carbocycles. The lowest BCUT2D eigenvalue weighted by molar-refractivity contribution is 0.315. The Morgan fingerprint density at radius 2 is 1.83 bits per heavy atom. The highest BCUT2D eigenvalue weighted by Gasteiger charge is 2.11. The summed E-state index contributed by atoms with van der Waals surface area (Å²) in [5.41, 5.74) is 2.76. The number of rotatable bonds is 6. The van der Waals surface area contributed by atoms with E-state index in [1.54, 1.807) is 0 Å². The first-order chi connectivity index (χ1) is 11.4. The average Bonchev–Trinajstić information content (AvgIpc) is 2.86. The summed E-state index contributed by atoms with van der Waals surface area (Å²) in [6.45, 7) is 3.46. The van der Waals surface area contributed by atoms with Crippen LogP contribution in [0, 0.1) is 0 Å². The highest BCUT2D eigenvalue weighted by Crippen LogP contribution is 2.29. The van der Waals surface area contributed by atoms with Gasteiger partial charge in [-0.15, -0.1) is 11.8 Å². The highest BCUT2D eigenvalue weighted by molar-refractivity contribution is 8.08. The van der Waals surface area contributed by atoms with E-state index in [-0.39, 0.29) is 0 Å². The quantitative estimate of drug-likeness (QED) is 0.728. The van der Waals surface area contributed by atoms with Crippen molar-refractivity contribution in [3.63, 3.8) is 0 Å². The second kappa shape index (κ2) is 8.90. The highest BCUT2D eigenvalue weighted by atomic mass is 32.2. The van der Waals surface area contributed by atoms with Gasteiger partial charge in [-0.05, 0) is 49.1 Å². The minimum Gasteiger partial charge on any atom is -0.299 e. The number of pyridine rings is 1. The Kier molecular flexibility index (Phi) is 6.30. The van der Waals surface area contributed by atoms with Gasteiger partial charge in [-0.1, -0.05) is 36.4 Å². The number of aromatic nitrogens is 1. The first-order valence-corrected chi connectivity index (χ1v) is 9.40. The van der Waals surface area contributed by atoms with Crippen LogP contribution in [0.3, 0.4) is 0 Å². The molecule has 0 saturated heterocycles. The van der Waals surface area contributed by atoms with Crippen LogP contribution >= 0.6 is 11.8 Å². The molecule has 0 aliphatic carbocycles. The van der Waals surface area contributed by atoms with E-state index >= 15 is 0 Å². The predicted molar refractivity (Wildman–Crippen MR) is 100 cm³/mol. The summed E-state index contributed by atoms with van der Waals surface area (Å²) >= 11 is 1.99. The van der Waals surface area contributed by atoms with Crippen molar-refractivity contribution < 1.29 is 0 Å². The van der Waals surface area contributed by atoms with Crippen LogP contribution in [-0.4, -0.2) is 35.3 Å². The fraction of sp³-hybridized carbons (Fsp3) is 0.350. The van der Waals surface area contributed by atoms with Crippen molar-refractivity contribution in [2.75, 3.05) is 25.4 Å². The molecular weight excluding hydrogens is 300 g/mol. The van der Waals surface area contributed by atoms with Crippen LogP contribution < -0.4 is 0 Å². The third-order valence-corrected chi connectivity index (χ3v) is 5.30. The summed E-state index contributed by atoms with van der Waals surface area (Å²) in [5.74, 6) is 1.19. The van der Waals surface area contributed by atoms with Gasteiger partial charge in [0.15, 0.2) is 0 Å². The monoisotopic (exact) mass is 324 g/mol. The summed E-state index contributed by atoms with van der Waals surface area (Å²) in [6.07, 6.45) is 9.85. The van der Waals surface area contributed by atoms with Gasteiger partial charge < -0.3 is 0 Å². The van der Waals surface area contributed by atoms with Gasteiger partial charge in [0, 0.05) is 36.1 Å². The molecule has 0 N–H and O–H groups in total. The van der Waals surface area contributed by atoms with Gasteiger partial charge >= 0.3 is 0 Å². The SMILES string of the molecule is C1=C(c2ccccc2)SCCN(CCCCc2ccncc2)C1. The van der Waals surface area contributed by atoms with Gasteiger partial charge in [-0.3, -0.25) is 9.88 Å². The first kappa shape index (κ1) is 16.3. The second-order valence-corrected chi connectivity index (χ2v) is 7.03. The Morgan fingerprint density at radius 1 is 1.00 bits per heavy atom. The molecular formula is C20H24N2S. The fourth-order valence-corrected chi connectivity index (χ4v) is 3.93. The molecule has 0 radical (unpaired) electrons. The summed E-state index contributed by atoms with van der Waals surface area (Å²) in [6, 6.07) is 15.0. The summed E-state index contributed by atoms with van der Waals surface area (Å²) in [7, 11) is 0. The van der Waals surface area contributed by atoms with Crippen LogP contribution in [0.5, 0.6) is 0 Å². The van der Waals surface area contributed by atoms with Crippen molar-refractivity contribution in [2.45, 2.75) is 19.3 Å².